The number of carbonyl (C=O) groups excluding carboxylic acids is 1. The van der Waals surface area contributed by atoms with Crippen molar-refractivity contribution in [3.05, 3.63) is 71.8 Å². The van der Waals surface area contributed by atoms with Crippen molar-refractivity contribution >= 4 is 11.7 Å². The van der Waals surface area contributed by atoms with Gasteiger partial charge < -0.3 is 10.2 Å². The topological polar surface area (TPSA) is 50.2 Å². The van der Waals surface area contributed by atoms with Crippen LogP contribution in [0, 0.1) is 12.7 Å². The van der Waals surface area contributed by atoms with Crippen LogP contribution in [0.4, 0.5) is 14.9 Å². The molecule has 0 radical (unpaired) electrons. The van der Waals surface area contributed by atoms with Crippen LogP contribution >= 0.6 is 0 Å². The smallest absolute Gasteiger partial charge is 0.317 e. The van der Waals surface area contributed by atoms with Crippen molar-refractivity contribution in [3.8, 4) is 11.1 Å². The first-order valence-electron chi connectivity index (χ1n) is 8.54. The molecule has 0 fully saturated rings. The number of nitrogens with one attached hydrogen (secondary N) is 1. The third-order valence-electron chi connectivity index (χ3n) is 4.65. The van der Waals surface area contributed by atoms with Crippen LogP contribution in [0.1, 0.15) is 11.3 Å². The molecule has 3 aromatic rings. The van der Waals surface area contributed by atoms with Gasteiger partial charge in [0.2, 0.25) is 0 Å². The van der Waals surface area contributed by atoms with Crippen LogP contribution in [-0.2, 0) is 13.1 Å². The van der Waals surface area contributed by atoms with Crippen molar-refractivity contribution in [3.63, 3.8) is 0 Å². The molecule has 5 nitrogen and oxygen atoms in total. The number of rotatable bonds is 2. The molecule has 2 amide bonds. The lowest BCUT2D eigenvalue weighted by atomic mass is 10.0. The Labute approximate surface area is 151 Å². The molecule has 0 saturated heterocycles. The van der Waals surface area contributed by atoms with Crippen molar-refractivity contribution in [2.75, 3.05) is 11.9 Å². The summed E-state index contributed by atoms with van der Waals surface area (Å²) in [6.07, 6.45) is 1.79. The van der Waals surface area contributed by atoms with Crippen molar-refractivity contribution in [2.24, 2.45) is 0 Å². The molecule has 0 spiro atoms. The van der Waals surface area contributed by atoms with E-state index in [0.717, 1.165) is 22.5 Å². The Morgan fingerprint density at radius 3 is 2.73 bits per heavy atom. The van der Waals surface area contributed by atoms with Gasteiger partial charge in [0.1, 0.15) is 5.82 Å². The average Bonchev–Trinajstić information content (AvgIpc) is 3.08. The normalized spacial score (nSPS) is 13.4. The summed E-state index contributed by atoms with van der Waals surface area (Å²) >= 11 is 0. The van der Waals surface area contributed by atoms with Crippen LogP contribution in [-0.4, -0.2) is 27.3 Å². The fraction of sp³-hybridized carbons (Fsp3) is 0.200. The van der Waals surface area contributed by atoms with Gasteiger partial charge in [-0.2, -0.15) is 5.10 Å². The fourth-order valence-electron chi connectivity index (χ4n) is 3.20. The Hall–Kier alpha value is -3.15. The molecule has 6 heteroatoms. The van der Waals surface area contributed by atoms with Gasteiger partial charge in [0, 0.05) is 17.8 Å². The molecule has 26 heavy (non-hydrogen) atoms. The minimum atomic E-state index is -0.223. The number of urea groups is 1. The molecule has 0 bridgehead atoms. The molecule has 132 valence electrons. The number of aryl methyl sites for hydroxylation is 1. The maximum absolute atomic E-state index is 13.6. The predicted octanol–water partition coefficient (Wildman–Crippen LogP) is 4.05. The molecule has 1 aromatic heterocycles. The molecule has 1 N–H and O–H groups in total. The molecule has 0 unspecified atom stereocenters. The van der Waals surface area contributed by atoms with Gasteiger partial charge in [-0.1, -0.05) is 24.3 Å². The summed E-state index contributed by atoms with van der Waals surface area (Å²) in [6.45, 7) is 3.44. The number of nitrogens with zero attached hydrogens (tertiary/aromatic N) is 3. The first-order valence-corrected chi connectivity index (χ1v) is 8.54. The number of para-hydroxylation sites is 1. The minimum Gasteiger partial charge on any atom is -0.317 e. The van der Waals surface area contributed by atoms with Crippen molar-refractivity contribution in [1.29, 1.82) is 0 Å². The Balaban J connectivity index is 1.57. The summed E-state index contributed by atoms with van der Waals surface area (Å²) < 4.78 is 15.5. The van der Waals surface area contributed by atoms with E-state index >= 15 is 0 Å². The standard InChI is InChI=1S/C20H19FN4O/c1-14-11-15(7-8-18(14)21)17-12-22-25-10-9-24(13-19(17)25)20(26)23-16-5-3-2-4-6-16/h2-8,11-12H,9-10,13H2,1H3,(H,23,26). The molecule has 4 rings (SSSR count). The van der Waals surface area contributed by atoms with E-state index in [0.29, 0.717) is 25.2 Å². The Bertz CT molecular complexity index is 952. The number of fused-ring (bicyclic) bond motifs is 1. The van der Waals surface area contributed by atoms with E-state index in [1.807, 2.05) is 41.1 Å². The largest absolute Gasteiger partial charge is 0.322 e. The Kier molecular flexibility index (Phi) is 4.16. The van der Waals surface area contributed by atoms with Crippen LogP contribution in [0.2, 0.25) is 0 Å². The summed E-state index contributed by atoms with van der Waals surface area (Å²) in [6, 6.07) is 14.3. The SMILES string of the molecule is Cc1cc(-c2cnn3c2CN(C(=O)Nc2ccccc2)CC3)ccc1F. The van der Waals surface area contributed by atoms with Crippen LogP contribution < -0.4 is 5.32 Å². The number of carbonyl (C=O) groups is 1. The molecule has 1 aliphatic rings. The maximum atomic E-state index is 13.6. The molecule has 0 saturated carbocycles. The zero-order valence-electron chi connectivity index (χ0n) is 14.4. The molecular weight excluding hydrogens is 331 g/mol. The van der Waals surface area contributed by atoms with Crippen LogP contribution in [0.25, 0.3) is 11.1 Å². The molecule has 0 aliphatic carbocycles. The number of benzene rings is 2. The van der Waals surface area contributed by atoms with E-state index in [4.69, 9.17) is 0 Å². The predicted molar refractivity (Wildman–Crippen MR) is 98.2 cm³/mol. The van der Waals surface area contributed by atoms with Gasteiger partial charge in [0.15, 0.2) is 0 Å². The van der Waals surface area contributed by atoms with Crippen molar-refractivity contribution < 1.29 is 9.18 Å². The second-order valence-corrected chi connectivity index (χ2v) is 6.41. The Morgan fingerprint density at radius 1 is 1.15 bits per heavy atom. The van der Waals surface area contributed by atoms with E-state index in [-0.39, 0.29) is 11.8 Å². The number of amides is 2. The van der Waals surface area contributed by atoms with Crippen LogP contribution in [0.15, 0.2) is 54.7 Å². The maximum Gasteiger partial charge on any atom is 0.322 e. The number of aromatic nitrogens is 2. The fourth-order valence-corrected chi connectivity index (χ4v) is 3.20. The van der Waals surface area contributed by atoms with E-state index in [1.54, 1.807) is 24.1 Å². The highest BCUT2D eigenvalue weighted by molar-refractivity contribution is 5.89. The summed E-state index contributed by atoms with van der Waals surface area (Å²) in [5.74, 6) is -0.223. The molecule has 0 atom stereocenters. The van der Waals surface area contributed by atoms with E-state index in [1.165, 1.54) is 6.07 Å². The third-order valence-corrected chi connectivity index (χ3v) is 4.65. The van der Waals surface area contributed by atoms with E-state index in [2.05, 4.69) is 10.4 Å². The number of halogens is 1. The van der Waals surface area contributed by atoms with Crippen molar-refractivity contribution in [1.82, 2.24) is 14.7 Å². The molecule has 2 aromatic carbocycles. The lowest BCUT2D eigenvalue weighted by molar-refractivity contribution is 0.194. The van der Waals surface area contributed by atoms with Gasteiger partial charge in [-0.3, -0.25) is 4.68 Å². The first-order chi connectivity index (χ1) is 12.6. The van der Waals surface area contributed by atoms with Gasteiger partial charge in [-0.05, 0) is 42.3 Å². The average molecular weight is 350 g/mol. The van der Waals surface area contributed by atoms with Gasteiger partial charge in [0.25, 0.3) is 0 Å². The summed E-state index contributed by atoms with van der Waals surface area (Å²) in [5, 5.41) is 7.35. The highest BCUT2D eigenvalue weighted by Gasteiger charge is 2.24. The molecule has 2 heterocycles. The molecule has 1 aliphatic heterocycles. The number of hydrogen-bond acceptors (Lipinski definition) is 2. The Morgan fingerprint density at radius 2 is 1.96 bits per heavy atom. The molecular formula is C20H19FN4O. The number of hydrogen-bond donors (Lipinski definition) is 1. The van der Waals surface area contributed by atoms with Crippen LogP contribution in [0.5, 0.6) is 0 Å². The monoisotopic (exact) mass is 350 g/mol. The van der Waals surface area contributed by atoms with Crippen molar-refractivity contribution in [2.45, 2.75) is 20.0 Å². The second kappa shape index (κ2) is 6.63. The highest BCUT2D eigenvalue weighted by Crippen LogP contribution is 2.28. The third kappa shape index (κ3) is 3.06. The van der Waals surface area contributed by atoms with Crippen LogP contribution in [0.3, 0.4) is 0 Å². The quantitative estimate of drug-likeness (QED) is 0.758. The highest BCUT2D eigenvalue weighted by atomic mass is 19.1. The van der Waals surface area contributed by atoms with Gasteiger partial charge >= 0.3 is 6.03 Å². The van der Waals surface area contributed by atoms with E-state index < -0.39 is 0 Å². The summed E-state index contributed by atoms with van der Waals surface area (Å²) in [7, 11) is 0. The summed E-state index contributed by atoms with van der Waals surface area (Å²) in [5.41, 5.74) is 4.18. The van der Waals surface area contributed by atoms with Gasteiger partial charge in [-0.15, -0.1) is 0 Å². The van der Waals surface area contributed by atoms with Gasteiger partial charge in [0.05, 0.1) is 25.0 Å². The lowest BCUT2D eigenvalue weighted by Crippen LogP contribution is -2.41. The second-order valence-electron chi connectivity index (χ2n) is 6.41. The first kappa shape index (κ1) is 16.3. The minimum absolute atomic E-state index is 0.134. The zero-order valence-corrected chi connectivity index (χ0v) is 14.4. The lowest BCUT2D eigenvalue weighted by Gasteiger charge is -2.28. The number of anilines is 1. The summed E-state index contributed by atoms with van der Waals surface area (Å²) in [4.78, 5) is 14.3. The van der Waals surface area contributed by atoms with E-state index in [9.17, 15) is 9.18 Å². The van der Waals surface area contributed by atoms with Gasteiger partial charge in [-0.25, -0.2) is 9.18 Å². The zero-order chi connectivity index (χ0) is 18.1.